The summed E-state index contributed by atoms with van der Waals surface area (Å²) in [6.45, 7) is 6.44. The molecule has 0 unspecified atom stereocenters. The summed E-state index contributed by atoms with van der Waals surface area (Å²) in [5.41, 5.74) is 3.89. The summed E-state index contributed by atoms with van der Waals surface area (Å²) >= 11 is 0. The van der Waals surface area contributed by atoms with Crippen molar-refractivity contribution in [1.29, 1.82) is 0 Å². The van der Waals surface area contributed by atoms with Crippen LogP contribution >= 0.6 is 0 Å². The van der Waals surface area contributed by atoms with Crippen LogP contribution in [0.4, 0.5) is 15.8 Å². The number of carbonyl (C=O) groups excluding carboxylic acids is 1. The summed E-state index contributed by atoms with van der Waals surface area (Å²) in [6, 6.07) is 11.8. The van der Waals surface area contributed by atoms with Crippen molar-refractivity contribution in [2.24, 2.45) is 0 Å². The Kier molecular flexibility index (Phi) is 5.15. The lowest BCUT2D eigenvalue weighted by Crippen LogP contribution is -2.22. The molecule has 2 aromatic carbocycles. The predicted octanol–water partition coefficient (Wildman–Crippen LogP) is 4.31. The minimum Gasteiger partial charge on any atom is -0.376 e. The van der Waals surface area contributed by atoms with Crippen molar-refractivity contribution in [3.63, 3.8) is 0 Å². The molecule has 0 aliphatic rings. The molecular weight excluding hydrogens is 279 g/mol. The molecule has 0 atom stereocenters. The number of hydrogen-bond acceptors (Lipinski definition) is 2. The van der Waals surface area contributed by atoms with E-state index in [0.717, 1.165) is 11.3 Å². The fourth-order valence-electron chi connectivity index (χ4n) is 2.32. The highest BCUT2D eigenvalue weighted by atomic mass is 19.1. The predicted molar refractivity (Wildman–Crippen MR) is 88.8 cm³/mol. The van der Waals surface area contributed by atoms with Gasteiger partial charge in [-0.3, -0.25) is 4.79 Å². The first-order valence-electron chi connectivity index (χ1n) is 7.36. The van der Waals surface area contributed by atoms with Gasteiger partial charge in [-0.25, -0.2) is 4.39 Å². The Bertz CT molecular complexity index is 651. The molecular formula is C18H21FN2O. The molecule has 4 heteroatoms. The van der Waals surface area contributed by atoms with Gasteiger partial charge < -0.3 is 10.6 Å². The number of anilines is 2. The molecule has 0 saturated heterocycles. The Morgan fingerprint density at radius 2 is 1.82 bits per heavy atom. The van der Waals surface area contributed by atoms with Crippen molar-refractivity contribution in [2.75, 3.05) is 17.2 Å². The first-order chi connectivity index (χ1) is 10.5. The Balaban J connectivity index is 2.01. The summed E-state index contributed by atoms with van der Waals surface area (Å²) in [7, 11) is 0. The highest BCUT2D eigenvalue weighted by Gasteiger charge is 2.10. The van der Waals surface area contributed by atoms with E-state index in [2.05, 4.69) is 30.5 Å². The number of amides is 1. The Morgan fingerprint density at radius 3 is 2.45 bits per heavy atom. The van der Waals surface area contributed by atoms with Crippen LogP contribution in [0.1, 0.15) is 30.9 Å². The van der Waals surface area contributed by atoms with Gasteiger partial charge >= 0.3 is 0 Å². The van der Waals surface area contributed by atoms with Gasteiger partial charge in [-0.15, -0.1) is 0 Å². The molecule has 22 heavy (non-hydrogen) atoms. The number of hydrogen-bond donors (Lipinski definition) is 2. The van der Waals surface area contributed by atoms with Crippen molar-refractivity contribution >= 4 is 17.3 Å². The zero-order valence-electron chi connectivity index (χ0n) is 13.1. The average molecular weight is 300 g/mol. The summed E-state index contributed by atoms with van der Waals surface area (Å²) in [5.74, 6) is -0.107. The van der Waals surface area contributed by atoms with E-state index >= 15 is 0 Å². The molecule has 0 saturated carbocycles. The Labute approximate surface area is 130 Å². The zero-order valence-corrected chi connectivity index (χ0v) is 13.1. The molecule has 1 amide bonds. The van der Waals surface area contributed by atoms with Crippen LogP contribution in [-0.2, 0) is 4.79 Å². The van der Waals surface area contributed by atoms with E-state index in [9.17, 15) is 9.18 Å². The minimum atomic E-state index is -0.322. The maximum absolute atomic E-state index is 12.8. The van der Waals surface area contributed by atoms with E-state index in [1.165, 1.54) is 17.7 Å². The maximum atomic E-state index is 12.8. The normalized spacial score (nSPS) is 10.6. The average Bonchev–Trinajstić information content (AvgIpc) is 2.48. The van der Waals surface area contributed by atoms with Gasteiger partial charge in [0.25, 0.3) is 0 Å². The van der Waals surface area contributed by atoms with Crippen molar-refractivity contribution in [2.45, 2.75) is 26.7 Å². The molecule has 2 N–H and O–H groups in total. The minimum absolute atomic E-state index is 0.162. The lowest BCUT2D eigenvalue weighted by molar-refractivity contribution is -0.114. The van der Waals surface area contributed by atoms with Crippen LogP contribution in [0, 0.1) is 12.7 Å². The quantitative estimate of drug-likeness (QED) is 0.864. The van der Waals surface area contributed by atoms with E-state index in [1.54, 1.807) is 12.1 Å². The van der Waals surface area contributed by atoms with Crippen LogP contribution < -0.4 is 10.6 Å². The molecule has 116 valence electrons. The molecule has 0 fully saturated rings. The largest absolute Gasteiger partial charge is 0.376 e. The third-order valence-electron chi connectivity index (χ3n) is 3.48. The van der Waals surface area contributed by atoms with Crippen molar-refractivity contribution < 1.29 is 9.18 Å². The highest BCUT2D eigenvalue weighted by molar-refractivity contribution is 5.93. The number of aryl methyl sites for hydroxylation is 1. The third-order valence-corrected chi connectivity index (χ3v) is 3.48. The number of rotatable bonds is 5. The van der Waals surface area contributed by atoms with Crippen LogP contribution in [0.15, 0.2) is 42.5 Å². The smallest absolute Gasteiger partial charge is 0.243 e. The molecule has 0 bridgehead atoms. The van der Waals surface area contributed by atoms with Crippen LogP contribution in [0.25, 0.3) is 0 Å². The topological polar surface area (TPSA) is 41.1 Å². The second-order valence-electron chi connectivity index (χ2n) is 5.60. The molecule has 2 rings (SSSR count). The van der Waals surface area contributed by atoms with Crippen LogP contribution in [0.2, 0.25) is 0 Å². The molecule has 0 spiro atoms. The number of para-hydroxylation sites is 1. The second-order valence-corrected chi connectivity index (χ2v) is 5.60. The summed E-state index contributed by atoms with van der Waals surface area (Å²) < 4.78 is 12.8. The lowest BCUT2D eigenvalue weighted by Gasteiger charge is -2.17. The molecule has 0 heterocycles. The van der Waals surface area contributed by atoms with E-state index in [1.807, 2.05) is 19.1 Å². The SMILES string of the molecule is Cc1cccc(C(C)C)c1NCC(=O)Nc1ccc(F)cc1. The van der Waals surface area contributed by atoms with Gasteiger partial charge in [-0.05, 0) is 48.2 Å². The fourth-order valence-corrected chi connectivity index (χ4v) is 2.32. The number of benzene rings is 2. The fraction of sp³-hybridized carbons (Fsp3) is 0.278. The van der Waals surface area contributed by atoms with Crippen molar-refractivity contribution in [3.8, 4) is 0 Å². The number of nitrogens with one attached hydrogen (secondary N) is 2. The third kappa shape index (κ3) is 4.07. The molecule has 2 aromatic rings. The number of halogens is 1. The molecule has 0 radical (unpaired) electrons. The van der Waals surface area contributed by atoms with Crippen LogP contribution in [0.5, 0.6) is 0 Å². The Hall–Kier alpha value is -2.36. The Morgan fingerprint density at radius 1 is 1.14 bits per heavy atom. The van der Waals surface area contributed by atoms with Gasteiger partial charge in [0.2, 0.25) is 5.91 Å². The standard InChI is InChI=1S/C18H21FN2O/c1-12(2)16-6-4-5-13(3)18(16)20-11-17(22)21-15-9-7-14(19)8-10-15/h4-10,12,20H,11H2,1-3H3,(H,21,22). The highest BCUT2D eigenvalue weighted by Crippen LogP contribution is 2.27. The molecule has 0 aliphatic heterocycles. The second kappa shape index (κ2) is 7.07. The zero-order chi connectivity index (χ0) is 16.1. The van der Waals surface area contributed by atoms with Crippen LogP contribution in [0.3, 0.4) is 0 Å². The van der Waals surface area contributed by atoms with Gasteiger partial charge in [0.05, 0.1) is 6.54 Å². The first kappa shape index (κ1) is 16.0. The summed E-state index contributed by atoms with van der Waals surface area (Å²) in [6.07, 6.45) is 0. The molecule has 3 nitrogen and oxygen atoms in total. The number of carbonyl (C=O) groups is 1. The van der Waals surface area contributed by atoms with Gasteiger partial charge in [0, 0.05) is 11.4 Å². The molecule has 0 aliphatic carbocycles. The van der Waals surface area contributed by atoms with Gasteiger partial charge in [0.1, 0.15) is 5.82 Å². The lowest BCUT2D eigenvalue weighted by atomic mass is 9.98. The van der Waals surface area contributed by atoms with E-state index in [0.29, 0.717) is 11.6 Å². The van der Waals surface area contributed by atoms with E-state index in [-0.39, 0.29) is 18.3 Å². The molecule has 0 aromatic heterocycles. The summed E-state index contributed by atoms with van der Waals surface area (Å²) in [4.78, 5) is 12.0. The van der Waals surface area contributed by atoms with E-state index in [4.69, 9.17) is 0 Å². The van der Waals surface area contributed by atoms with Gasteiger partial charge in [-0.1, -0.05) is 32.0 Å². The van der Waals surface area contributed by atoms with Crippen molar-refractivity contribution in [3.05, 3.63) is 59.4 Å². The monoisotopic (exact) mass is 300 g/mol. The van der Waals surface area contributed by atoms with Gasteiger partial charge in [0.15, 0.2) is 0 Å². The maximum Gasteiger partial charge on any atom is 0.243 e. The van der Waals surface area contributed by atoms with Crippen LogP contribution in [-0.4, -0.2) is 12.5 Å². The summed E-state index contributed by atoms with van der Waals surface area (Å²) in [5, 5.41) is 5.95. The van der Waals surface area contributed by atoms with Crippen molar-refractivity contribution in [1.82, 2.24) is 0 Å². The van der Waals surface area contributed by atoms with Gasteiger partial charge in [-0.2, -0.15) is 0 Å². The first-order valence-corrected chi connectivity index (χ1v) is 7.36. The van der Waals surface area contributed by atoms with E-state index < -0.39 is 0 Å².